The maximum atomic E-state index is 13.4. The van der Waals surface area contributed by atoms with E-state index in [0.29, 0.717) is 29.2 Å². The van der Waals surface area contributed by atoms with Gasteiger partial charge in [-0.15, -0.1) is 11.6 Å². The summed E-state index contributed by atoms with van der Waals surface area (Å²) >= 11 is 12.8. The van der Waals surface area contributed by atoms with Gasteiger partial charge in [0.25, 0.3) is 0 Å². The molecule has 2 amide bonds. The van der Waals surface area contributed by atoms with Gasteiger partial charge in [0, 0.05) is 13.0 Å². The zero-order valence-electron chi connectivity index (χ0n) is 28.3. The lowest BCUT2D eigenvalue weighted by molar-refractivity contribution is -0.316. The molecule has 48 heavy (non-hydrogen) atoms. The first kappa shape index (κ1) is 40.6. The highest BCUT2D eigenvalue weighted by molar-refractivity contribution is 6.32. The Labute approximate surface area is 293 Å². The average Bonchev–Trinajstić information content (AvgIpc) is 3.04. The monoisotopic (exact) mass is 705 g/mol. The Bertz CT molecular complexity index is 1400. The Hall–Kier alpha value is -3.60. The fourth-order valence-corrected chi connectivity index (χ4v) is 5.43. The number of allylic oxidation sites excluding steroid dienone is 1. The van der Waals surface area contributed by atoms with Crippen molar-refractivity contribution in [1.82, 2.24) is 10.6 Å². The van der Waals surface area contributed by atoms with Crippen LogP contribution in [-0.4, -0.2) is 60.8 Å². The van der Waals surface area contributed by atoms with E-state index >= 15 is 0 Å². The fraction of sp³-hybridized carbons (Fsp3) is 0.500. The number of aliphatic hydroxyl groups is 1. The molecule has 0 aromatic heterocycles. The molecule has 10 nitrogen and oxygen atoms in total. The number of methoxy groups -OCH3 is 1. The van der Waals surface area contributed by atoms with Gasteiger partial charge in [-0.1, -0.05) is 74.8 Å². The van der Waals surface area contributed by atoms with Gasteiger partial charge in [0.2, 0.25) is 11.8 Å². The highest BCUT2D eigenvalue weighted by Crippen LogP contribution is 2.30. The molecular formula is C36H47Cl2N2O8-. The van der Waals surface area contributed by atoms with Gasteiger partial charge < -0.3 is 35.1 Å². The van der Waals surface area contributed by atoms with Crippen LogP contribution in [0.2, 0.25) is 5.02 Å². The number of aliphatic carboxylic acids is 1. The molecule has 2 rings (SSSR count). The van der Waals surface area contributed by atoms with Gasteiger partial charge in [-0.05, 0) is 74.3 Å². The largest absolute Gasteiger partial charge is 0.546 e. The standard InChI is InChI=1S/C36H48Cl2N2O8/c1-22(2)18-29(34(44)45)48-35(46)36(4,5)21-39-33(43)27(20-24-16-17-28(47-6)26(37)19-24)40-30(41)15-11-10-12-23(3)32(42)31(38)25-13-8-7-9-14-25/h7-9,11,13-17,19,22-23,27,29,31-32,42H,10,12,18,20-21H2,1-6H3,(H,39,43)(H,40,41)(H,44,45)/p-1/b15-11+/t23?,27-,29?,31+,32?/m1/s1. The van der Waals surface area contributed by atoms with Crippen molar-refractivity contribution in [2.24, 2.45) is 17.3 Å². The molecule has 0 heterocycles. The number of benzene rings is 2. The van der Waals surface area contributed by atoms with Gasteiger partial charge >= 0.3 is 5.97 Å². The van der Waals surface area contributed by atoms with Crippen LogP contribution < -0.4 is 20.5 Å². The van der Waals surface area contributed by atoms with Crippen molar-refractivity contribution in [3.05, 3.63) is 76.8 Å². The summed E-state index contributed by atoms with van der Waals surface area (Å²) in [6.45, 7) is 8.31. The van der Waals surface area contributed by atoms with E-state index in [4.69, 9.17) is 32.7 Å². The molecule has 12 heteroatoms. The number of amides is 2. The molecule has 264 valence electrons. The average molecular weight is 707 g/mol. The highest BCUT2D eigenvalue weighted by Gasteiger charge is 2.34. The maximum absolute atomic E-state index is 13.4. The number of hydrogen-bond acceptors (Lipinski definition) is 8. The van der Waals surface area contributed by atoms with Crippen LogP contribution in [0.3, 0.4) is 0 Å². The number of rotatable bonds is 19. The number of ether oxygens (including phenoxy) is 2. The Morgan fingerprint density at radius 3 is 2.31 bits per heavy atom. The van der Waals surface area contributed by atoms with E-state index in [1.54, 1.807) is 38.1 Å². The minimum Gasteiger partial charge on any atom is -0.546 e. The number of aliphatic hydroxyl groups excluding tert-OH is 1. The molecule has 2 aromatic carbocycles. The number of carbonyl (C=O) groups is 4. The molecule has 3 unspecified atom stereocenters. The second-order valence-corrected chi connectivity index (χ2v) is 13.8. The number of carboxylic acid groups (broad SMARTS) is 1. The summed E-state index contributed by atoms with van der Waals surface area (Å²) in [5, 5.41) is 27.4. The minimum absolute atomic E-state index is 0.0546. The zero-order valence-corrected chi connectivity index (χ0v) is 29.8. The van der Waals surface area contributed by atoms with Crippen LogP contribution in [0, 0.1) is 17.3 Å². The number of carbonyl (C=O) groups excluding carboxylic acids is 4. The van der Waals surface area contributed by atoms with Crippen molar-refractivity contribution in [3.63, 3.8) is 0 Å². The Morgan fingerprint density at radius 1 is 1.06 bits per heavy atom. The molecule has 0 aliphatic rings. The van der Waals surface area contributed by atoms with Gasteiger partial charge in [-0.3, -0.25) is 14.4 Å². The number of halogens is 2. The molecule has 0 fully saturated rings. The Kier molecular flexibility index (Phi) is 16.4. The number of nitrogens with one attached hydrogen (secondary N) is 2. The van der Waals surface area contributed by atoms with Gasteiger partial charge in [-0.25, -0.2) is 0 Å². The third-order valence-corrected chi connectivity index (χ3v) is 8.61. The normalized spacial score (nSPS) is 14.9. The Balaban J connectivity index is 2.08. The molecule has 0 bridgehead atoms. The molecule has 0 aliphatic heterocycles. The second-order valence-electron chi connectivity index (χ2n) is 12.9. The number of hydrogen-bond donors (Lipinski definition) is 3. The van der Waals surface area contributed by atoms with Crippen LogP contribution in [0.5, 0.6) is 5.75 Å². The smallest absolute Gasteiger partial charge is 0.313 e. The predicted molar refractivity (Wildman–Crippen MR) is 183 cm³/mol. The molecular weight excluding hydrogens is 659 g/mol. The molecule has 0 aliphatic carbocycles. The first-order valence-corrected chi connectivity index (χ1v) is 16.7. The lowest BCUT2D eigenvalue weighted by atomic mass is 9.93. The first-order valence-electron chi connectivity index (χ1n) is 15.9. The molecule has 0 spiro atoms. The van der Waals surface area contributed by atoms with Gasteiger partial charge in [0.1, 0.15) is 17.9 Å². The second kappa shape index (κ2) is 19.4. The summed E-state index contributed by atoms with van der Waals surface area (Å²) in [5.74, 6) is -3.16. The molecule has 3 N–H and O–H groups in total. The molecule has 5 atom stereocenters. The molecule has 0 radical (unpaired) electrons. The number of esters is 1. The van der Waals surface area contributed by atoms with E-state index in [-0.39, 0.29) is 31.2 Å². The number of carboxylic acids is 1. The van der Waals surface area contributed by atoms with E-state index < -0.39 is 52.8 Å². The van der Waals surface area contributed by atoms with E-state index in [0.717, 1.165) is 5.56 Å². The van der Waals surface area contributed by atoms with Crippen LogP contribution in [0.1, 0.15) is 70.4 Å². The van der Waals surface area contributed by atoms with Crippen molar-refractivity contribution in [2.75, 3.05) is 13.7 Å². The summed E-state index contributed by atoms with van der Waals surface area (Å²) in [5.41, 5.74) is 0.178. The quantitative estimate of drug-likeness (QED) is 0.109. The number of alkyl halides is 1. The summed E-state index contributed by atoms with van der Waals surface area (Å²) in [6.07, 6.45) is 1.98. The predicted octanol–water partition coefficient (Wildman–Crippen LogP) is 4.54. The van der Waals surface area contributed by atoms with E-state index in [1.807, 2.05) is 37.3 Å². The van der Waals surface area contributed by atoms with Gasteiger partial charge in [-0.2, -0.15) is 0 Å². The summed E-state index contributed by atoms with van der Waals surface area (Å²) < 4.78 is 10.4. The molecule has 0 saturated carbocycles. The van der Waals surface area contributed by atoms with E-state index in [1.165, 1.54) is 27.0 Å². The fourth-order valence-electron chi connectivity index (χ4n) is 4.76. The van der Waals surface area contributed by atoms with Gasteiger partial charge in [0.05, 0.1) is 35.0 Å². The molecule has 2 aromatic rings. The highest BCUT2D eigenvalue weighted by atomic mass is 35.5. The van der Waals surface area contributed by atoms with Crippen LogP contribution in [0.15, 0.2) is 60.7 Å². The Morgan fingerprint density at radius 2 is 1.73 bits per heavy atom. The molecule has 0 saturated heterocycles. The van der Waals surface area contributed by atoms with Crippen molar-refractivity contribution >= 4 is 47.0 Å². The topological polar surface area (TPSA) is 154 Å². The summed E-state index contributed by atoms with van der Waals surface area (Å²) in [7, 11) is 1.48. The third kappa shape index (κ3) is 13.1. The third-order valence-electron chi connectivity index (χ3n) is 7.80. The summed E-state index contributed by atoms with van der Waals surface area (Å²) in [4.78, 5) is 50.7. The lowest BCUT2D eigenvalue weighted by Gasteiger charge is -2.28. The summed E-state index contributed by atoms with van der Waals surface area (Å²) in [6, 6.07) is 13.3. The van der Waals surface area contributed by atoms with Crippen LogP contribution in [0.25, 0.3) is 0 Å². The van der Waals surface area contributed by atoms with E-state index in [2.05, 4.69) is 10.6 Å². The van der Waals surface area contributed by atoms with Crippen molar-refractivity contribution < 1.29 is 38.9 Å². The van der Waals surface area contributed by atoms with Crippen LogP contribution in [0.4, 0.5) is 0 Å². The lowest BCUT2D eigenvalue weighted by Crippen LogP contribution is -2.51. The van der Waals surface area contributed by atoms with Gasteiger partial charge in [0.15, 0.2) is 0 Å². The first-order chi connectivity index (χ1) is 22.5. The van der Waals surface area contributed by atoms with Crippen LogP contribution >= 0.6 is 23.2 Å². The van der Waals surface area contributed by atoms with Crippen molar-refractivity contribution in [1.29, 1.82) is 0 Å². The maximum Gasteiger partial charge on any atom is 0.313 e. The van der Waals surface area contributed by atoms with Crippen LogP contribution in [-0.2, 0) is 30.3 Å². The SMILES string of the molecule is COc1ccc(C[C@@H](NC(=O)/C=C/CCC(C)C(O)[C@@H](Cl)c2ccccc2)C(=O)NCC(C)(C)C(=O)OC(CC(C)C)C(=O)[O-])cc1Cl. The van der Waals surface area contributed by atoms with E-state index in [9.17, 15) is 29.4 Å². The van der Waals surface area contributed by atoms with Crippen molar-refractivity contribution in [3.8, 4) is 5.75 Å². The zero-order chi connectivity index (χ0) is 36.0. The van der Waals surface area contributed by atoms with Crippen molar-refractivity contribution in [2.45, 2.75) is 83.9 Å². The minimum atomic E-state index is -1.49.